The zero-order chi connectivity index (χ0) is 13.6. The first-order valence-electron chi connectivity index (χ1n) is 6.97. The van der Waals surface area contributed by atoms with Gasteiger partial charge in [-0.15, -0.1) is 0 Å². The molecule has 1 aromatic heterocycles. The number of hydrogen-bond acceptors (Lipinski definition) is 5. The van der Waals surface area contributed by atoms with Gasteiger partial charge in [0.15, 0.2) is 0 Å². The van der Waals surface area contributed by atoms with E-state index in [2.05, 4.69) is 37.6 Å². The highest BCUT2D eigenvalue weighted by molar-refractivity contribution is 5.44. The molecule has 5 nitrogen and oxygen atoms in total. The number of benzene rings is 1. The van der Waals surface area contributed by atoms with E-state index in [4.69, 9.17) is 0 Å². The Labute approximate surface area is 119 Å². The molecule has 3 rings (SSSR count). The van der Waals surface area contributed by atoms with Crippen molar-refractivity contribution in [3.63, 3.8) is 0 Å². The standard InChI is InChI=1S/C15H19N5/c1-2-4-13(5-3-1)10-18-14-11-17-12-15(19-14)20-8-6-16-7-9-20/h1-5,11-12,16H,6-10H2,(H,18,19). The van der Waals surface area contributed by atoms with Crippen LogP contribution in [0.5, 0.6) is 0 Å². The Morgan fingerprint density at radius 3 is 2.70 bits per heavy atom. The third-order valence-electron chi connectivity index (χ3n) is 3.38. The molecule has 2 aromatic rings. The van der Waals surface area contributed by atoms with Crippen LogP contribution < -0.4 is 15.5 Å². The van der Waals surface area contributed by atoms with Crippen LogP contribution in [0.4, 0.5) is 11.6 Å². The molecule has 1 fully saturated rings. The van der Waals surface area contributed by atoms with E-state index in [1.54, 1.807) is 6.20 Å². The molecule has 0 bridgehead atoms. The number of aromatic nitrogens is 2. The summed E-state index contributed by atoms with van der Waals surface area (Å²) in [4.78, 5) is 11.2. The van der Waals surface area contributed by atoms with Gasteiger partial charge in [-0.05, 0) is 5.56 Å². The lowest BCUT2D eigenvalue weighted by Gasteiger charge is -2.28. The fourth-order valence-corrected chi connectivity index (χ4v) is 2.28. The summed E-state index contributed by atoms with van der Waals surface area (Å²) in [5.74, 6) is 1.77. The monoisotopic (exact) mass is 269 g/mol. The second-order valence-electron chi connectivity index (χ2n) is 4.84. The van der Waals surface area contributed by atoms with E-state index in [1.807, 2.05) is 24.4 Å². The molecule has 0 saturated carbocycles. The van der Waals surface area contributed by atoms with Gasteiger partial charge in [0.2, 0.25) is 0 Å². The smallest absolute Gasteiger partial charge is 0.149 e. The molecule has 20 heavy (non-hydrogen) atoms. The molecule has 0 unspecified atom stereocenters. The highest BCUT2D eigenvalue weighted by atomic mass is 15.2. The summed E-state index contributed by atoms with van der Waals surface area (Å²) in [5, 5.41) is 6.66. The summed E-state index contributed by atoms with van der Waals surface area (Å²) in [7, 11) is 0. The molecule has 2 N–H and O–H groups in total. The van der Waals surface area contributed by atoms with E-state index in [0.717, 1.165) is 44.4 Å². The average molecular weight is 269 g/mol. The minimum absolute atomic E-state index is 0.764. The van der Waals surface area contributed by atoms with Crippen LogP contribution in [0, 0.1) is 0 Å². The predicted octanol–water partition coefficient (Wildman–Crippen LogP) is 1.50. The van der Waals surface area contributed by atoms with Gasteiger partial charge >= 0.3 is 0 Å². The molecule has 0 atom stereocenters. The van der Waals surface area contributed by atoms with Crippen LogP contribution in [-0.2, 0) is 6.54 Å². The molecule has 0 spiro atoms. The average Bonchev–Trinajstić information content (AvgIpc) is 2.55. The molecule has 1 saturated heterocycles. The van der Waals surface area contributed by atoms with E-state index < -0.39 is 0 Å². The van der Waals surface area contributed by atoms with Crippen molar-refractivity contribution in [2.24, 2.45) is 0 Å². The van der Waals surface area contributed by atoms with Crippen molar-refractivity contribution in [1.29, 1.82) is 0 Å². The van der Waals surface area contributed by atoms with Gasteiger partial charge in [0.25, 0.3) is 0 Å². The van der Waals surface area contributed by atoms with Gasteiger partial charge in [0.1, 0.15) is 11.6 Å². The molecule has 2 heterocycles. The highest BCUT2D eigenvalue weighted by Gasteiger charge is 2.12. The first kappa shape index (κ1) is 12.9. The summed E-state index contributed by atoms with van der Waals surface area (Å²) < 4.78 is 0. The fraction of sp³-hybridized carbons (Fsp3) is 0.333. The Balaban J connectivity index is 1.65. The predicted molar refractivity (Wildman–Crippen MR) is 80.9 cm³/mol. The topological polar surface area (TPSA) is 53.1 Å². The van der Waals surface area contributed by atoms with Crippen LogP contribution >= 0.6 is 0 Å². The van der Waals surface area contributed by atoms with Crippen molar-refractivity contribution >= 4 is 11.6 Å². The molecule has 104 valence electrons. The maximum absolute atomic E-state index is 4.64. The molecular formula is C15H19N5. The van der Waals surface area contributed by atoms with Crippen molar-refractivity contribution in [1.82, 2.24) is 15.3 Å². The number of piperazine rings is 1. The van der Waals surface area contributed by atoms with Crippen LogP contribution in [0.3, 0.4) is 0 Å². The molecule has 1 aliphatic rings. The molecule has 0 amide bonds. The number of rotatable bonds is 4. The van der Waals surface area contributed by atoms with Crippen LogP contribution in [0.2, 0.25) is 0 Å². The van der Waals surface area contributed by atoms with E-state index in [-0.39, 0.29) is 0 Å². The number of nitrogens with one attached hydrogen (secondary N) is 2. The Morgan fingerprint density at radius 2 is 1.90 bits per heavy atom. The van der Waals surface area contributed by atoms with Gasteiger partial charge in [0.05, 0.1) is 12.4 Å². The van der Waals surface area contributed by atoms with Crippen LogP contribution in [0.1, 0.15) is 5.56 Å². The lowest BCUT2D eigenvalue weighted by atomic mass is 10.2. The van der Waals surface area contributed by atoms with Gasteiger partial charge in [-0.1, -0.05) is 30.3 Å². The van der Waals surface area contributed by atoms with Crippen molar-refractivity contribution in [3.05, 3.63) is 48.3 Å². The maximum atomic E-state index is 4.64. The van der Waals surface area contributed by atoms with Crippen LogP contribution in [-0.4, -0.2) is 36.1 Å². The Morgan fingerprint density at radius 1 is 1.10 bits per heavy atom. The summed E-state index contributed by atoms with van der Waals surface area (Å²) in [6, 6.07) is 10.3. The van der Waals surface area contributed by atoms with Crippen LogP contribution in [0.25, 0.3) is 0 Å². The second kappa shape index (κ2) is 6.34. The van der Waals surface area contributed by atoms with Gasteiger partial charge in [-0.3, -0.25) is 4.98 Å². The van der Waals surface area contributed by atoms with Gasteiger partial charge < -0.3 is 15.5 Å². The number of nitrogens with zero attached hydrogens (tertiary/aromatic N) is 3. The first-order chi connectivity index (χ1) is 9.92. The lowest BCUT2D eigenvalue weighted by Crippen LogP contribution is -2.44. The van der Waals surface area contributed by atoms with Crippen molar-refractivity contribution in [3.8, 4) is 0 Å². The third kappa shape index (κ3) is 3.24. The summed E-state index contributed by atoms with van der Waals surface area (Å²) in [5.41, 5.74) is 1.24. The van der Waals surface area contributed by atoms with Gasteiger partial charge in [0, 0.05) is 32.7 Å². The van der Waals surface area contributed by atoms with E-state index in [9.17, 15) is 0 Å². The second-order valence-corrected chi connectivity index (χ2v) is 4.84. The van der Waals surface area contributed by atoms with E-state index in [0.29, 0.717) is 0 Å². The Hall–Kier alpha value is -2.14. The summed E-state index contributed by atoms with van der Waals surface area (Å²) in [6.45, 7) is 4.74. The normalized spacial score (nSPS) is 15.1. The molecule has 0 aliphatic carbocycles. The summed E-state index contributed by atoms with van der Waals surface area (Å²) >= 11 is 0. The summed E-state index contributed by atoms with van der Waals surface area (Å²) in [6.07, 6.45) is 3.60. The molecular weight excluding hydrogens is 250 g/mol. The number of hydrogen-bond donors (Lipinski definition) is 2. The van der Waals surface area contributed by atoms with Crippen molar-refractivity contribution in [2.45, 2.75) is 6.54 Å². The van der Waals surface area contributed by atoms with E-state index >= 15 is 0 Å². The Bertz CT molecular complexity index is 537. The van der Waals surface area contributed by atoms with Gasteiger partial charge in [-0.2, -0.15) is 0 Å². The van der Waals surface area contributed by atoms with Crippen LogP contribution in [0.15, 0.2) is 42.7 Å². The van der Waals surface area contributed by atoms with Crippen molar-refractivity contribution in [2.75, 3.05) is 36.4 Å². The SMILES string of the molecule is c1ccc(CNc2cncc(N3CCNCC3)n2)cc1. The lowest BCUT2D eigenvalue weighted by molar-refractivity contribution is 0.584. The first-order valence-corrected chi connectivity index (χ1v) is 6.97. The Kier molecular flexibility index (Phi) is 4.08. The fourth-order valence-electron chi connectivity index (χ4n) is 2.28. The molecule has 1 aromatic carbocycles. The largest absolute Gasteiger partial charge is 0.365 e. The zero-order valence-electron chi connectivity index (χ0n) is 11.4. The third-order valence-corrected chi connectivity index (χ3v) is 3.38. The maximum Gasteiger partial charge on any atom is 0.149 e. The molecule has 0 radical (unpaired) electrons. The number of anilines is 2. The van der Waals surface area contributed by atoms with E-state index in [1.165, 1.54) is 5.56 Å². The minimum Gasteiger partial charge on any atom is -0.365 e. The van der Waals surface area contributed by atoms with Gasteiger partial charge in [-0.25, -0.2) is 4.98 Å². The zero-order valence-corrected chi connectivity index (χ0v) is 11.4. The highest BCUT2D eigenvalue weighted by Crippen LogP contribution is 2.13. The quantitative estimate of drug-likeness (QED) is 0.881. The van der Waals surface area contributed by atoms with Crippen molar-refractivity contribution < 1.29 is 0 Å². The molecule has 1 aliphatic heterocycles. The molecule has 5 heteroatoms. The minimum atomic E-state index is 0.764.